The van der Waals surface area contributed by atoms with Gasteiger partial charge < -0.3 is 5.11 Å². The fourth-order valence-electron chi connectivity index (χ4n) is 3.64. The quantitative estimate of drug-likeness (QED) is 0.917. The number of aliphatic hydroxyl groups excluding tert-OH is 1. The zero-order valence-corrected chi connectivity index (χ0v) is 13.6. The van der Waals surface area contributed by atoms with Gasteiger partial charge in [-0.2, -0.15) is 12.7 Å². The Kier molecular flexibility index (Phi) is 3.07. The van der Waals surface area contributed by atoms with E-state index >= 15 is 0 Å². The molecule has 0 aliphatic carbocycles. The Morgan fingerprint density at radius 2 is 1.78 bits per heavy atom. The largest absolute Gasteiger partial charge is 0.386 e. The van der Waals surface area contributed by atoms with Crippen LogP contribution in [0.4, 0.5) is 5.69 Å². The van der Waals surface area contributed by atoms with E-state index in [4.69, 9.17) is 0 Å². The van der Waals surface area contributed by atoms with E-state index in [0.717, 1.165) is 5.56 Å². The number of aliphatic hydroxyl groups is 1. The summed E-state index contributed by atoms with van der Waals surface area (Å²) in [6, 6.07) is 16.7. The van der Waals surface area contributed by atoms with Crippen LogP contribution >= 0.6 is 0 Å². The molecule has 2 aliphatic heterocycles. The van der Waals surface area contributed by atoms with Crippen molar-refractivity contribution in [2.24, 2.45) is 0 Å². The van der Waals surface area contributed by atoms with Gasteiger partial charge in [-0.05, 0) is 18.6 Å². The average Bonchev–Trinajstić information content (AvgIpc) is 2.88. The smallest absolute Gasteiger partial charge is 0.305 e. The second-order valence-corrected chi connectivity index (χ2v) is 8.12. The third-order valence-electron chi connectivity index (χ3n) is 4.76. The molecule has 2 aliphatic rings. The minimum Gasteiger partial charge on any atom is -0.386 e. The van der Waals surface area contributed by atoms with Crippen molar-refractivity contribution in [3.8, 4) is 0 Å². The maximum absolute atomic E-state index is 13.0. The molecule has 120 valence electrons. The Balaban J connectivity index is 1.77. The van der Waals surface area contributed by atoms with Gasteiger partial charge in [0.1, 0.15) is 6.10 Å². The van der Waals surface area contributed by atoms with Crippen LogP contribution in [0.2, 0.25) is 0 Å². The maximum Gasteiger partial charge on any atom is 0.305 e. The first-order valence-corrected chi connectivity index (χ1v) is 8.96. The van der Waals surface area contributed by atoms with Crippen LogP contribution in [0.3, 0.4) is 0 Å². The van der Waals surface area contributed by atoms with E-state index in [2.05, 4.69) is 0 Å². The van der Waals surface area contributed by atoms with Gasteiger partial charge in [0.05, 0.1) is 11.2 Å². The summed E-state index contributed by atoms with van der Waals surface area (Å²) in [6.07, 6.45) is -0.825. The summed E-state index contributed by atoms with van der Waals surface area (Å²) in [6.45, 7) is 2.38. The molecule has 2 aromatic rings. The van der Waals surface area contributed by atoms with Crippen LogP contribution in [0.15, 0.2) is 54.6 Å². The Hall–Kier alpha value is -1.89. The molecule has 4 rings (SSSR count). The summed E-state index contributed by atoms with van der Waals surface area (Å²) in [5.41, 5.74) is 1.33. The highest BCUT2D eigenvalue weighted by Gasteiger charge is 2.60. The van der Waals surface area contributed by atoms with Crippen molar-refractivity contribution in [2.45, 2.75) is 25.1 Å². The van der Waals surface area contributed by atoms with Crippen LogP contribution in [-0.4, -0.2) is 29.9 Å². The predicted molar refractivity (Wildman–Crippen MR) is 88.1 cm³/mol. The lowest BCUT2D eigenvalue weighted by Gasteiger charge is -2.28. The van der Waals surface area contributed by atoms with Crippen LogP contribution in [-0.2, 0) is 16.8 Å². The Morgan fingerprint density at radius 3 is 2.52 bits per heavy atom. The molecule has 0 saturated carbocycles. The summed E-state index contributed by atoms with van der Waals surface area (Å²) >= 11 is 0. The molecule has 0 bridgehead atoms. The van der Waals surface area contributed by atoms with Crippen molar-refractivity contribution in [3.63, 3.8) is 0 Å². The van der Waals surface area contributed by atoms with Gasteiger partial charge in [-0.1, -0.05) is 48.5 Å². The number of para-hydroxylation sites is 1. The van der Waals surface area contributed by atoms with Crippen LogP contribution < -0.4 is 4.31 Å². The van der Waals surface area contributed by atoms with Gasteiger partial charge in [-0.3, -0.25) is 0 Å². The summed E-state index contributed by atoms with van der Waals surface area (Å²) in [5.74, 6) is 0. The minimum atomic E-state index is -3.66. The van der Waals surface area contributed by atoms with E-state index in [1.807, 2.05) is 36.4 Å². The zero-order valence-electron chi connectivity index (χ0n) is 12.8. The molecule has 1 N–H and O–H groups in total. The third kappa shape index (κ3) is 1.95. The molecule has 2 heterocycles. The first-order chi connectivity index (χ1) is 10.9. The van der Waals surface area contributed by atoms with Crippen LogP contribution in [0.1, 0.15) is 24.2 Å². The number of fused-ring (bicyclic) bond motifs is 3. The van der Waals surface area contributed by atoms with E-state index in [-0.39, 0.29) is 6.54 Å². The highest BCUT2D eigenvalue weighted by molar-refractivity contribution is 7.90. The van der Waals surface area contributed by atoms with Crippen molar-refractivity contribution in [3.05, 3.63) is 65.7 Å². The van der Waals surface area contributed by atoms with Crippen molar-refractivity contribution >= 4 is 15.9 Å². The standard InChI is InChI=1S/C17H18N2O3S/c1-17-12-18(11-13-7-3-2-4-8-13)23(21,22)19(17)15-10-6-5-9-14(15)16(17)20/h2-10,16,20H,11-12H2,1H3/t16-,17-/m0/s1. The van der Waals surface area contributed by atoms with Crippen molar-refractivity contribution in [1.82, 2.24) is 4.31 Å². The Morgan fingerprint density at radius 1 is 1.13 bits per heavy atom. The summed E-state index contributed by atoms with van der Waals surface area (Å²) in [5, 5.41) is 10.7. The number of hydrogen-bond acceptors (Lipinski definition) is 3. The SMILES string of the molecule is C[C@@]12CN(Cc3ccccc3)S(=O)(=O)N1c1ccccc1[C@@H]2O. The second kappa shape index (κ2) is 4.80. The molecule has 1 fully saturated rings. The van der Waals surface area contributed by atoms with Gasteiger partial charge >= 0.3 is 10.2 Å². The normalized spacial score (nSPS) is 28.6. The van der Waals surface area contributed by atoms with Crippen LogP contribution in [0.25, 0.3) is 0 Å². The lowest BCUT2D eigenvalue weighted by Crippen LogP contribution is -2.44. The molecule has 5 nitrogen and oxygen atoms in total. The molecular formula is C17H18N2O3S. The molecule has 0 radical (unpaired) electrons. The molecule has 0 spiro atoms. The predicted octanol–water partition coefficient (Wildman–Crippen LogP) is 2.06. The molecule has 0 amide bonds. The number of rotatable bonds is 2. The van der Waals surface area contributed by atoms with Gasteiger partial charge in [0.15, 0.2) is 0 Å². The topological polar surface area (TPSA) is 60.9 Å². The van der Waals surface area contributed by atoms with Crippen molar-refractivity contribution < 1.29 is 13.5 Å². The fraction of sp³-hybridized carbons (Fsp3) is 0.294. The summed E-state index contributed by atoms with van der Waals surface area (Å²) in [4.78, 5) is 0. The molecule has 0 aromatic heterocycles. The highest BCUT2D eigenvalue weighted by Crippen LogP contribution is 2.52. The van der Waals surface area contributed by atoms with Gasteiger partial charge in [-0.15, -0.1) is 0 Å². The van der Waals surface area contributed by atoms with Gasteiger partial charge in [0.2, 0.25) is 0 Å². The number of hydrogen-bond donors (Lipinski definition) is 1. The van der Waals surface area contributed by atoms with Crippen LogP contribution in [0.5, 0.6) is 0 Å². The van der Waals surface area contributed by atoms with E-state index < -0.39 is 21.9 Å². The Bertz CT molecular complexity index is 853. The van der Waals surface area contributed by atoms with E-state index in [9.17, 15) is 13.5 Å². The van der Waals surface area contributed by atoms with Crippen LogP contribution in [0, 0.1) is 0 Å². The molecule has 23 heavy (non-hydrogen) atoms. The van der Waals surface area contributed by atoms with Crippen molar-refractivity contribution in [1.29, 1.82) is 0 Å². The van der Waals surface area contributed by atoms with Gasteiger partial charge in [0, 0.05) is 18.7 Å². The zero-order chi connectivity index (χ0) is 16.2. The lowest BCUT2D eigenvalue weighted by molar-refractivity contribution is 0.106. The molecule has 1 saturated heterocycles. The molecule has 2 atom stereocenters. The third-order valence-corrected chi connectivity index (χ3v) is 6.74. The Labute approximate surface area is 136 Å². The number of nitrogens with zero attached hydrogens (tertiary/aromatic N) is 2. The van der Waals surface area contributed by atoms with E-state index in [1.54, 1.807) is 25.1 Å². The molecule has 6 heteroatoms. The van der Waals surface area contributed by atoms with E-state index in [0.29, 0.717) is 17.8 Å². The first-order valence-electron chi connectivity index (χ1n) is 7.56. The minimum absolute atomic E-state index is 0.264. The maximum atomic E-state index is 13.0. The molecular weight excluding hydrogens is 312 g/mol. The van der Waals surface area contributed by atoms with Crippen molar-refractivity contribution in [2.75, 3.05) is 10.8 Å². The first kappa shape index (κ1) is 14.7. The highest BCUT2D eigenvalue weighted by atomic mass is 32.2. The fourth-order valence-corrected chi connectivity index (χ4v) is 5.71. The summed E-state index contributed by atoms with van der Waals surface area (Å²) < 4.78 is 28.9. The number of anilines is 1. The van der Waals surface area contributed by atoms with E-state index in [1.165, 1.54) is 8.61 Å². The number of benzene rings is 2. The monoisotopic (exact) mass is 330 g/mol. The molecule has 2 aromatic carbocycles. The second-order valence-electron chi connectivity index (χ2n) is 6.34. The molecule has 0 unspecified atom stereocenters. The average molecular weight is 330 g/mol. The van der Waals surface area contributed by atoms with Gasteiger partial charge in [0.25, 0.3) is 0 Å². The lowest BCUT2D eigenvalue weighted by atomic mass is 9.94. The van der Waals surface area contributed by atoms with Gasteiger partial charge in [-0.25, -0.2) is 4.31 Å². The summed E-state index contributed by atoms with van der Waals surface area (Å²) in [7, 11) is -3.66.